The Labute approximate surface area is 164 Å². The largest absolute Gasteiger partial charge is 0.496 e. The summed E-state index contributed by atoms with van der Waals surface area (Å²) in [6.45, 7) is 2.56. The summed E-state index contributed by atoms with van der Waals surface area (Å²) in [6, 6.07) is 12.8. The fraction of sp³-hybridized carbons (Fsp3) is 0.364. The summed E-state index contributed by atoms with van der Waals surface area (Å²) in [5, 5.41) is 2.99. The van der Waals surface area contributed by atoms with Crippen LogP contribution in [0.1, 0.15) is 33.6 Å². The number of hydrogen-bond acceptors (Lipinski definition) is 4. The molecular formula is C22H25FN2O3. The van der Waals surface area contributed by atoms with E-state index in [-0.39, 0.29) is 17.5 Å². The van der Waals surface area contributed by atoms with E-state index in [1.165, 1.54) is 24.3 Å². The molecule has 0 atom stereocenters. The molecule has 0 spiro atoms. The lowest BCUT2D eigenvalue weighted by Gasteiger charge is -2.31. The van der Waals surface area contributed by atoms with Gasteiger partial charge < -0.3 is 10.1 Å². The van der Waals surface area contributed by atoms with Crippen molar-refractivity contribution in [3.8, 4) is 5.75 Å². The van der Waals surface area contributed by atoms with E-state index in [4.69, 9.17) is 4.74 Å². The van der Waals surface area contributed by atoms with Gasteiger partial charge in [-0.1, -0.05) is 12.1 Å². The van der Waals surface area contributed by atoms with Gasteiger partial charge in [-0.3, -0.25) is 14.5 Å². The summed E-state index contributed by atoms with van der Waals surface area (Å²) in [5.41, 5.74) is 1.07. The van der Waals surface area contributed by atoms with Crippen molar-refractivity contribution in [2.45, 2.75) is 12.8 Å². The van der Waals surface area contributed by atoms with Crippen molar-refractivity contribution in [3.63, 3.8) is 0 Å². The van der Waals surface area contributed by atoms with Crippen LogP contribution in [-0.4, -0.2) is 49.9 Å². The molecule has 1 aliphatic heterocycles. The fourth-order valence-corrected chi connectivity index (χ4v) is 3.44. The Bertz CT molecular complexity index is 815. The first-order chi connectivity index (χ1) is 13.6. The summed E-state index contributed by atoms with van der Waals surface area (Å²) in [4.78, 5) is 26.8. The number of carbonyl (C=O) groups is 2. The third kappa shape index (κ3) is 5.16. The Morgan fingerprint density at radius 3 is 2.46 bits per heavy atom. The first-order valence-corrected chi connectivity index (χ1v) is 9.49. The van der Waals surface area contributed by atoms with Gasteiger partial charge in [0.25, 0.3) is 5.91 Å². The average molecular weight is 384 g/mol. The van der Waals surface area contributed by atoms with Crippen LogP contribution in [0.25, 0.3) is 0 Å². The predicted molar refractivity (Wildman–Crippen MR) is 105 cm³/mol. The molecule has 1 saturated heterocycles. The number of halogens is 1. The first-order valence-electron chi connectivity index (χ1n) is 9.49. The summed E-state index contributed by atoms with van der Waals surface area (Å²) in [5.74, 6) is 0.479. The highest BCUT2D eigenvalue weighted by molar-refractivity contribution is 5.97. The van der Waals surface area contributed by atoms with Crippen LogP contribution in [0.3, 0.4) is 0 Å². The van der Waals surface area contributed by atoms with Gasteiger partial charge in [-0.15, -0.1) is 0 Å². The van der Waals surface area contributed by atoms with Gasteiger partial charge in [0.05, 0.1) is 19.2 Å². The van der Waals surface area contributed by atoms with Gasteiger partial charge in [0.1, 0.15) is 11.6 Å². The number of piperidine rings is 1. The Morgan fingerprint density at radius 1 is 1.11 bits per heavy atom. The number of nitrogens with zero attached hydrogens (tertiary/aromatic N) is 1. The van der Waals surface area contributed by atoms with E-state index in [2.05, 4.69) is 10.2 Å². The van der Waals surface area contributed by atoms with Gasteiger partial charge in [-0.25, -0.2) is 4.39 Å². The molecule has 28 heavy (non-hydrogen) atoms. The van der Waals surface area contributed by atoms with Crippen LogP contribution in [0.15, 0.2) is 48.5 Å². The number of methoxy groups -OCH3 is 1. The lowest BCUT2D eigenvalue weighted by Crippen LogP contribution is -2.40. The van der Waals surface area contributed by atoms with Crippen molar-refractivity contribution in [2.75, 3.05) is 33.3 Å². The molecule has 0 bridgehead atoms. The van der Waals surface area contributed by atoms with E-state index < -0.39 is 0 Å². The Morgan fingerprint density at radius 2 is 1.79 bits per heavy atom. The summed E-state index contributed by atoms with van der Waals surface area (Å²) in [7, 11) is 1.55. The number of para-hydroxylation sites is 1. The molecule has 1 N–H and O–H groups in total. The van der Waals surface area contributed by atoms with E-state index in [1.54, 1.807) is 19.2 Å². The number of rotatable bonds is 7. The number of benzene rings is 2. The standard InChI is InChI=1S/C22H25FN2O3/c1-28-21-5-3-2-4-19(21)22(27)24-14-16-10-12-25(13-11-16)15-20(26)17-6-8-18(23)9-7-17/h2-9,16H,10-15H2,1H3,(H,24,27). The van der Waals surface area contributed by atoms with E-state index in [0.29, 0.717) is 35.9 Å². The molecule has 148 valence electrons. The number of Topliss-reactive ketones (excluding diaryl/α,β-unsaturated/α-hetero) is 1. The van der Waals surface area contributed by atoms with Crippen molar-refractivity contribution in [3.05, 3.63) is 65.5 Å². The number of likely N-dealkylation sites (tertiary alicyclic amines) is 1. The molecule has 1 aliphatic rings. The maximum atomic E-state index is 13.0. The maximum Gasteiger partial charge on any atom is 0.255 e. The minimum Gasteiger partial charge on any atom is -0.496 e. The minimum absolute atomic E-state index is 0.00271. The van der Waals surface area contributed by atoms with Gasteiger partial charge >= 0.3 is 0 Å². The zero-order chi connectivity index (χ0) is 19.9. The Hall–Kier alpha value is -2.73. The minimum atomic E-state index is -0.340. The second-order valence-corrected chi connectivity index (χ2v) is 7.06. The third-order valence-electron chi connectivity index (χ3n) is 5.14. The van der Waals surface area contributed by atoms with Crippen molar-refractivity contribution in [2.24, 2.45) is 5.92 Å². The molecule has 3 rings (SSSR count). The molecule has 0 radical (unpaired) electrons. The monoisotopic (exact) mass is 384 g/mol. The van der Waals surface area contributed by atoms with E-state index in [0.717, 1.165) is 25.9 Å². The second-order valence-electron chi connectivity index (χ2n) is 7.06. The second kappa shape index (κ2) is 9.46. The van der Waals surface area contributed by atoms with Crippen LogP contribution in [0.4, 0.5) is 4.39 Å². The molecular weight excluding hydrogens is 359 g/mol. The van der Waals surface area contributed by atoms with Crippen molar-refractivity contribution in [1.29, 1.82) is 0 Å². The van der Waals surface area contributed by atoms with E-state index >= 15 is 0 Å². The SMILES string of the molecule is COc1ccccc1C(=O)NCC1CCN(CC(=O)c2ccc(F)cc2)CC1. The van der Waals surface area contributed by atoms with Crippen molar-refractivity contribution in [1.82, 2.24) is 10.2 Å². The van der Waals surface area contributed by atoms with Crippen LogP contribution in [0, 0.1) is 11.7 Å². The highest BCUT2D eigenvalue weighted by atomic mass is 19.1. The molecule has 0 aromatic heterocycles. The normalized spacial score (nSPS) is 15.2. The summed E-state index contributed by atoms with van der Waals surface area (Å²) < 4.78 is 18.2. The van der Waals surface area contributed by atoms with E-state index in [1.807, 2.05) is 12.1 Å². The quantitative estimate of drug-likeness (QED) is 0.745. The summed E-state index contributed by atoms with van der Waals surface area (Å²) in [6.07, 6.45) is 1.84. The van der Waals surface area contributed by atoms with Crippen molar-refractivity contribution >= 4 is 11.7 Å². The molecule has 5 nitrogen and oxygen atoms in total. The molecule has 1 heterocycles. The smallest absolute Gasteiger partial charge is 0.255 e. The van der Waals surface area contributed by atoms with Gasteiger partial charge in [0, 0.05) is 12.1 Å². The van der Waals surface area contributed by atoms with Crippen LogP contribution in [0.5, 0.6) is 5.75 Å². The number of hydrogen-bond donors (Lipinski definition) is 1. The average Bonchev–Trinajstić information content (AvgIpc) is 2.73. The number of ether oxygens (including phenoxy) is 1. The third-order valence-corrected chi connectivity index (χ3v) is 5.14. The highest BCUT2D eigenvalue weighted by Crippen LogP contribution is 2.19. The molecule has 2 aromatic carbocycles. The lowest BCUT2D eigenvalue weighted by molar-refractivity contribution is 0.0886. The van der Waals surface area contributed by atoms with Gasteiger partial charge in [0.2, 0.25) is 0 Å². The maximum absolute atomic E-state index is 13.0. The van der Waals surface area contributed by atoms with Crippen LogP contribution >= 0.6 is 0 Å². The van der Waals surface area contributed by atoms with Gasteiger partial charge in [-0.2, -0.15) is 0 Å². The van der Waals surface area contributed by atoms with Crippen LogP contribution in [-0.2, 0) is 0 Å². The zero-order valence-electron chi connectivity index (χ0n) is 16.0. The summed E-state index contributed by atoms with van der Waals surface area (Å²) >= 11 is 0. The first kappa shape index (κ1) is 20.0. The number of amides is 1. The molecule has 2 aromatic rings. The fourth-order valence-electron chi connectivity index (χ4n) is 3.44. The van der Waals surface area contributed by atoms with Crippen LogP contribution in [0.2, 0.25) is 0 Å². The Balaban J connectivity index is 1.43. The highest BCUT2D eigenvalue weighted by Gasteiger charge is 2.22. The molecule has 1 fully saturated rings. The number of ketones is 1. The van der Waals surface area contributed by atoms with Crippen LogP contribution < -0.4 is 10.1 Å². The van der Waals surface area contributed by atoms with Crippen molar-refractivity contribution < 1.29 is 18.7 Å². The number of carbonyl (C=O) groups excluding carboxylic acids is 2. The molecule has 0 unspecified atom stereocenters. The zero-order valence-corrected chi connectivity index (χ0v) is 16.0. The molecule has 0 saturated carbocycles. The molecule has 1 amide bonds. The van der Waals surface area contributed by atoms with Gasteiger partial charge in [0.15, 0.2) is 5.78 Å². The lowest BCUT2D eigenvalue weighted by atomic mass is 9.96. The Kier molecular flexibility index (Phi) is 6.76. The topological polar surface area (TPSA) is 58.6 Å². The predicted octanol–water partition coefficient (Wildman–Crippen LogP) is 3.16. The van der Waals surface area contributed by atoms with Gasteiger partial charge in [-0.05, 0) is 68.2 Å². The molecule has 0 aliphatic carbocycles. The number of nitrogens with one attached hydrogen (secondary N) is 1. The van der Waals surface area contributed by atoms with E-state index in [9.17, 15) is 14.0 Å². The molecule has 6 heteroatoms.